The smallest absolute Gasteiger partial charge is 0.339 e. The fourth-order valence-electron chi connectivity index (χ4n) is 4.02. The second-order valence-electron chi connectivity index (χ2n) is 7.57. The van der Waals surface area contributed by atoms with Gasteiger partial charge in [-0.15, -0.1) is 0 Å². The summed E-state index contributed by atoms with van der Waals surface area (Å²) in [5.41, 5.74) is 3.82. The Bertz CT molecular complexity index is 1070. The molecule has 0 radical (unpaired) electrons. The van der Waals surface area contributed by atoms with Crippen LogP contribution in [0.2, 0.25) is 0 Å². The number of hydrogen-bond acceptors (Lipinski definition) is 5. The van der Waals surface area contributed by atoms with Crippen LogP contribution in [0, 0.1) is 0 Å². The molecule has 0 unspecified atom stereocenters. The Kier molecular flexibility index (Phi) is 6.07. The monoisotopic (exact) mass is 403 g/mol. The van der Waals surface area contributed by atoms with Crippen LogP contribution >= 0.6 is 0 Å². The Hall–Kier alpha value is -3.21. The van der Waals surface area contributed by atoms with Gasteiger partial charge in [-0.05, 0) is 61.6 Å². The quantitative estimate of drug-likeness (QED) is 0.446. The summed E-state index contributed by atoms with van der Waals surface area (Å²) in [6.07, 6.45) is 6.11. The van der Waals surface area contributed by atoms with Gasteiger partial charge in [0.2, 0.25) is 0 Å². The number of methoxy groups -OCH3 is 1. The Morgan fingerprint density at radius 3 is 2.43 bits per heavy atom. The highest BCUT2D eigenvalue weighted by molar-refractivity contribution is 6.06. The number of rotatable bonds is 5. The van der Waals surface area contributed by atoms with E-state index in [0.717, 1.165) is 54.3 Å². The summed E-state index contributed by atoms with van der Waals surface area (Å²) < 4.78 is 10.6. The summed E-state index contributed by atoms with van der Waals surface area (Å²) in [6.45, 7) is -0.295. The molecule has 3 aromatic rings. The highest BCUT2D eigenvalue weighted by atomic mass is 16.5. The molecule has 1 aliphatic rings. The number of ether oxygens (including phenoxy) is 2. The molecule has 0 saturated heterocycles. The molecule has 0 N–H and O–H groups in total. The molecule has 30 heavy (non-hydrogen) atoms. The molecular weight excluding hydrogens is 378 g/mol. The predicted octanol–water partition coefficient (Wildman–Crippen LogP) is 4.94. The number of para-hydroxylation sites is 1. The average Bonchev–Trinajstić information content (AvgIpc) is 2.77. The molecule has 0 atom stereocenters. The van der Waals surface area contributed by atoms with Gasteiger partial charge in [0, 0.05) is 16.6 Å². The molecule has 0 bridgehead atoms. The lowest BCUT2D eigenvalue weighted by Crippen LogP contribution is -2.18. The normalized spacial score (nSPS) is 13.8. The number of nitrogens with zero attached hydrogens (tertiary/aromatic N) is 1. The number of esters is 1. The van der Waals surface area contributed by atoms with E-state index in [1.165, 1.54) is 6.42 Å². The van der Waals surface area contributed by atoms with Gasteiger partial charge in [0.1, 0.15) is 5.75 Å². The van der Waals surface area contributed by atoms with Gasteiger partial charge in [-0.2, -0.15) is 0 Å². The van der Waals surface area contributed by atoms with E-state index in [1.54, 1.807) is 31.4 Å². The molecule has 154 valence electrons. The van der Waals surface area contributed by atoms with Crippen molar-refractivity contribution in [3.63, 3.8) is 0 Å². The van der Waals surface area contributed by atoms with Crippen LogP contribution in [-0.2, 0) is 17.6 Å². The molecule has 0 amide bonds. The molecule has 0 saturated carbocycles. The second kappa shape index (κ2) is 9.08. The van der Waals surface area contributed by atoms with Gasteiger partial charge in [0.25, 0.3) is 0 Å². The molecule has 1 heterocycles. The molecule has 0 spiro atoms. The maximum absolute atomic E-state index is 13.1. The number of benzene rings is 2. The Morgan fingerprint density at radius 2 is 1.67 bits per heavy atom. The average molecular weight is 403 g/mol. The number of Topliss-reactive ketones (excluding diaryl/α,β-unsaturated/α-hetero) is 1. The molecule has 5 nitrogen and oxygen atoms in total. The van der Waals surface area contributed by atoms with Gasteiger partial charge in [-0.3, -0.25) is 9.78 Å². The minimum atomic E-state index is -0.452. The summed E-state index contributed by atoms with van der Waals surface area (Å²) in [7, 11) is 1.57. The SMILES string of the molecule is COc1ccc(C(=O)COC(=O)c2c3c(nc4ccccc24)CCCCCC3)cc1. The second-order valence-corrected chi connectivity index (χ2v) is 7.57. The van der Waals surface area contributed by atoms with Gasteiger partial charge in [-0.1, -0.05) is 31.0 Å². The topological polar surface area (TPSA) is 65.5 Å². The first-order valence-corrected chi connectivity index (χ1v) is 10.4. The predicted molar refractivity (Wildman–Crippen MR) is 115 cm³/mol. The third kappa shape index (κ3) is 4.20. The van der Waals surface area contributed by atoms with E-state index in [9.17, 15) is 9.59 Å². The Balaban J connectivity index is 1.61. The number of pyridine rings is 1. The first-order valence-electron chi connectivity index (χ1n) is 10.4. The maximum Gasteiger partial charge on any atom is 0.339 e. The summed E-state index contributed by atoms with van der Waals surface area (Å²) in [6, 6.07) is 14.4. The van der Waals surface area contributed by atoms with Crippen molar-refractivity contribution in [3.05, 3.63) is 70.9 Å². The van der Waals surface area contributed by atoms with Crippen molar-refractivity contribution in [1.29, 1.82) is 0 Å². The van der Waals surface area contributed by atoms with Crippen LogP contribution in [-0.4, -0.2) is 30.5 Å². The van der Waals surface area contributed by atoms with Crippen molar-refractivity contribution >= 4 is 22.7 Å². The van der Waals surface area contributed by atoms with Crippen molar-refractivity contribution in [2.24, 2.45) is 0 Å². The molecular formula is C25H25NO4. The minimum Gasteiger partial charge on any atom is -0.497 e. The number of carbonyl (C=O) groups excluding carboxylic acids is 2. The largest absolute Gasteiger partial charge is 0.497 e. The van der Waals surface area contributed by atoms with E-state index < -0.39 is 5.97 Å². The van der Waals surface area contributed by atoms with Gasteiger partial charge in [-0.25, -0.2) is 4.79 Å². The molecule has 0 fully saturated rings. The first kappa shape index (κ1) is 20.1. The number of aryl methyl sites for hydroxylation is 1. The number of carbonyl (C=O) groups is 2. The third-order valence-corrected chi connectivity index (χ3v) is 5.62. The number of ketones is 1. The van der Waals surface area contributed by atoms with Crippen molar-refractivity contribution < 1.29 is 19.1 Å². The molecule has 1 aliphatic carbocycles. The molecule has 5 heteroatoms. The van der Waals surface area contributed by atoms with Crippen LogP contribution in [0.15, 0.2) is 48.5 Å². The third-order valence-electron chi connectivity index (χ3n) is 5.62. The van der Waals surface area contributed by atoms with Crippen LogP contribution in [0.3, 0.4) is 0 Å². The first-order chi connectivity index (χ1) is 14.7. The van der Waals surface area contributed by atoms with E-state index in [0.29, 0.717) is 16.9 Å². The Morgan fingerprint density at radius 1 is 0.933 bits per heavy atom. The summed E-state index contributed by atoms with van der Waals surface area (Å²) in [5.74, 6) is -0.0232. The van der Waals surface area contributed by atoms with Gasteiger partial charge in [0.05, 0.1) is 18.2 Å². The van der Waals surface area contributed by atoms with Crippen molar-refractivity contribution in [2.75, 3.05) is 13.7 Å². The molecule has 1 aromatic heterocycles. The van der Waals surface area contributed by atoms with Gasteiger partial charge < -0.3 is 9.47 Å². The fraction of sp³-hybridized carbons (Fsp3) is 0.320. The zero-order valence-corrected chi connectivity index (χ0v) is 17.1. The van der Waals surface area contributed by atoms with Crippen LogP contribution in [0.25, 0.3) is 10.9 Å². The zero-order valence-electron chi connectivity index (χ0n) is 17.1. The minimum absolute atomic E-state index is 0.243. The summed E-state index contributed by atoms with van der Waals surface area (Å²) in [4.78, 5) is 30.5. The number of hydrogen-bond donors (Lipinski definition) is 0. The highest BCUT2D eigenvalue weighted by Gasteiger charge is 2.23. The van der Waals surface area contributed by atoms with Crippen LogP contribution in [0.4, 0.5) is 0 Å². The number of fused-ring (bicyclic) bond motifs is 2. The molecule has 2 aromatic carbocycles. The van der Waals surface area contributed by atoms with Crippen molar-refractivity contribution in [2.45, 2.75) is 38.5 Å². The standard InChI is InChI=1S/C25H25NO4/c1-29-18-14-12-17(13-15-18)23(27)16-30-25(28)24-19-8-4-2-3-5-10-21(19)26-22-11-7-6-9-20(22)24/h6-7,9,11-15H,2-5,8,10,16H2,1H3. The Labute approximate surface area is 176 Å². The number of aromatic nitrogens is 1. The van der Waals surface area contributed by atoms with E-state index in [2.05, 4.69) is 0 Å². The summed E-state index contributed by atoms with van der Waals surface area (Å²) in [5, 5.41) is 0.790. The lowest BCUT2D eigenvalue weighted by molar-refractivity contribution is 0.0475. The van der Waals surface area contributed by atoms with Crippen molar-refractivity contribution in [3.8, 4) is 5.75 Å². The van der Waals surface area contributed by atoms with Crippen LogP contribution in [0.1, 0.15) is 57.7 Å². The molecule has 0 aliphatic heterocycles. The maximum atomic E-state index is 13.1. The van der Waals surface area contributed by atoms with Crippen LogP contribution in [0.5, 0.6) is 5.75 Å². The zero-order chi connectivity index (χ0) is 20.9. The van der Waals surface area contributed by atoms with Gasteiger partial charge in [0.15, 0.2) is 12.4 Å². The lowest BCUT2D eigenvalue weighted by atomic mass is 9.91. The lowest BCUT2D eigenvalue weighted by Gasteiger charge is -2.18. The van der Waals surface area contributed by atoms with Crippen LogP contribution < -0.4 is 4.74 Å². The highest BCUT2D eigenvalue weighted by Crippen LogP contribution is 2.29. The van der Waals surface area contributed by atoms with E-state index in [4.69, 9.17) is 14.5 Å². The van der Waals surface area contributed by atoms with Crippen molar-refractivity contribution in [1.82, 2.24) is 4.98 Å². The van der Waals surface area contributed by atoms with E-state index in [1.807, 2.05) is 24.3 Å². The molecule has 4 rings (SSSR count). The fourth-order valence-corrected chi connectivity index (χ4v) is 4.02. The van der Waals surface area contributed by atoms with E-state index in [-0.39, 0.29) is 12.4 Å². The van der Waals surface area contributed by atoms with Gasteiger partial charge >= 0.3 is 5.97 Å². The summed E-state index contributed by atoms with van der Waals surface area (Å²) >= 11 is 0. The van der Waals surface area contributed by atoms with E-state index >= 15 is 0 Å².